The number of thioether (sulfide) groups is 1. The van der Waals surface area contributed by atoms with Gasteiger partial charge in [-0.1, -0.05) is 13.8 Å². The van der Waals surface area contributed by atoms with Crippen LogP contribution in [0, 0.1) is 5.92 Å². The summed E-state index contributed by atoms with van der Waals surface area (Å²) in [6.07, 6.45) is -2.63. The number of likely N-dealkylation sites (tertiary alicyclic amines) is 4. The lowest BCUT2D eigenvalue weighted by Gasteiger charge is -2.33. The molecule has 0 aromatic carbocycles. The van der Waals surface area contributed by atoms with Crippen molar-refractivity contribution in [2.24, 2.45) is 56.8 Å². The maximum atomic E-state index is 14.9. The monoisotopic (exact) mass is 2070 g/mol. The molecule has 0 spiro atoms. The third kappa shape index (κ3) is 42.6. The summed E-state index contributed by atoms with van der Waals surface area (Å²) >= 11 is 1.24. The molecule has 4 aliphatic heterocycles. The van der Waals surface area contributed by atoms with Crippen molar-refractivity contribution in [1.29, 1.82) is 0 Å². The van der Waals surface area contributed by atoms with Gasteiger partial charge in [0.2, 0.25) is 112 Å². The lowest BCUT2D eigenvalue weighted by atomic mass is 10.0. The molecule has 4 rings (SSSR count). The van der Waals surface area contributed by atoms with E-state index in [-0.39, 0.29) is 180 Å². The fourth-order valence-corrected chi connectivity index (χ4v) is 16.7. The zero-order chi connectivity index (χ0) is 108. The molecule has 36 N–H and O–H groups in total. The number of nitrogens with one attached hydrogen (secondary N) is 13. The van der Waals surface area contributed by atoms with Crippen LogP contribution >= 0.6 is 11.8 Å². The number of carbonyl (C=O) groups excluding carboxylic acids is 19. The maximum absolute atomic E-state index is 14.9. The molecule has 0 aliphatic carbocycles. The summed E-state index contributed by atoms with van der Waals surface area (Å²) in [4.78, 5) is 320. The highest BCUT2D eigenvalue weighted by Crippen LogP contribution is 2.30. The van der Waals surface area contributed by atoms with Crippen molar-refractivity contribution in [3.63, 3.8) is 0 Å². The van der Waals surface area contributed by atoms with Crippen LogP contribution < -0.4 is 115 Å². The number of nitrogens with two attached hydrogens (primary N) is 8. The zero-order valence-electron chi connectivity index (χ0n) is 82.0. The first kappa shape index (κ1) is 125. The van der Waals surface area contributed by atoms with E-state index in [0.717, 1.165) is 18.7 Å². The number of aliphatic hydroxyl groups is 3. The largest absolute Gasteiger partial charge is 0.481 e. The molecule has 812 valence electrons. The van der Waals surface area contributed by atoms with Gasteiger partial charge in [-0.25, -0.2) is 4.79 Å². The Morgan fingerprint density at radius 1 is 0.368 bits per heavy atom. The van der Waals surface area contributed by atoms with Crippen molar-refractivity contribution in [3.05, 3.63) is 0 Å². The van der Waals surface area contributed by atoms with Gasteiger partial charge >= 0.3 is 17.9 Å². The van der Waals surface area contributed by atoms with Crippen LogP contribution in [0.1, 0.15) is 202 Å². The number of guanidine groups is 1. The second-order valence-electron chi connectivity index (χ2n) is 35.7. The Kier molecular flexibility index (Phi) is 56.3. The molecule has 0 aromatic rings. The van der Waals surface area contributed by atoms with E-state index in [4.69, 9.17) is 55.8 Å². The quantitative estimate of drug-likeness (QED) is 0.0153. The lowest BCUT2D eigenvalue weighted by molar-refractivity contribution is -0.150. The van der Waals surface area contributed by atoms with Crippen LogP contribution in [0.25, 0.3) is 0 Å². The molecule has 0 aromatic heterocycles. The minimum Gasteiger partial charge on any atom is -0.481 e. The molecule has 19 unspecified atom stereocenters. The number of carbonyl (C=O) groups is 23. The van der Waals surface area contributed by atoms with E-state index in [1.54, 1.807) is 20.1 Å². The van der Waals surface area contributed by atoms with Crippen molar-refractivity contribution < 1.29 is 146 Å². The van der Waals surface area contributed by atoms with Gasteiger partial charge in [0.05, 0.1) is 38.2 Å². The highest BCUT2D eigenvalue weighted by atomic mass is 32.2. The molecule has 4 saturated heterocycles. The van der Waals surface area contributed by atoms with Crippen molar-refractivity contribution in [2.75, 3.05) is 77.6 Å². The van der Waals surface area contributed by atoms with Crippen LogP contribution in [0.3, 0.4) is 0 Å². The molecular formula is C87H148N26O30S. The van der Waals surface area contributed by atoms with Crippen LogP contribution in [-0.2, 0) is 110 Å². The molecule has 144 heavy (non-hydrogen) atoms. The molecule has 0 radical (unpaired) electrons. The summed E-state index contributed by atoms with van der Waals surface area (Å²) in [7, 11) is 0. The summed E-state index contributed by atoms with van der Waals surface area (Å²) in [6, 6.07) is -28.0. The van der Waals surface area contributed by atoms with Gasteiger partial charge in [-0.3, -0.25) is 110 Å². The number of carboxylic acids is 4. The number of nitrogens with zero attached hydrogens (tertiary/aromatic N) is 5. The fourth-order valence-electron chi connectivity index (χ4n) is 16.2. The standard InChI is InChI=1S/C85H144N26O28S.C2H4O2/c1-43(2)65(106-67(121)44(3)89)78(132)100-49(25-27-61(90)115)71(125)104-55(41-112)75(129)101-52(19-8-11-32-88)80(134)110-36-15-23-59(110)82(136)109-35-14-22-58(109)77(131)105-56(42-113)74(128)96-46(17-6-9-30-86)68(122)95-48(20-12-33-94-85(92)93)70(124)102-53(39-63(117)118)81(135)111-37-16-24-60(111)83(137)108-34-13-21-57(108)76(130)99-47(18-7-10-31-87)69(123)98-51(29-38-140-5)72(126)97-50(26-28-62(91)116)73(127)107-66(45(4)114)79(133)103-54(84(138)139)40-64(119)120;1-2(3)4/h43-60,65-66,112-114H,6-42,86-89H2,1-5H3,(H2,90,115)(H2,91,116)(H,95,122)(H,96,128)(H,97,126)(H,98,123)(H,99,130)(H,100,132)(H,101,129)(H,102,124)(H,103,133)(H,104,125)(H,105,131)(H,106,121)(H,107,127)(H,117,118)(H,119,120)(H,138,139)(H4,92,93,94);1H3,(H,3,4). The van der Waals surface area contributed by atoms with Gasteiger partial charge in [0.15, 0.2) is 5.96 Å². The smallest absolute Gasteiger partial charge is 0.326 e. The highest BCUT2D eigenvalue weighted by Gasteiger charge is 2.49. The molecule has 4 heterocycles. The fraction of sp³-hybridized carbons (Fsp3) is 0.724. The number of aliphatic hydroxyl groups excluding tert-OH is 3. The number of amides is 19. The van der Waals surface area contributed by atoms with Gasteiger partial charge in [0.25, 0.3) is 5.97 Å². The molecule has 4 aliphatic rings. The van der Waals surface area contributed by atoms with Gasteiger partial charge in [-0.2, -0.15) is 11.8 Å². The molecule has 19 amide bonds. The van der Waals surface area contributed by atoms with Crippen LogP contribution in [0.2, 0.25) is 0 Å². The summed E-state index contributed by atoms with van der Waals surface area (Å²) in [5.41, 5.74) is 45.1. The average Bonchev–Trinajstić information content (AvgIpc) is 1.64. The van der Waals surface area contributed by atoms with Gasteiger partial charge in [0, 0.05) is 52.5 Å². The Balaban J connectivity index is 0.0000131. The maximum Gasteiger partial charge on any atom is 0.326 e. The van der Waals surface area contributed by atoms with Crippen molar-refractivity contribution in [3.8, 4) is 0 Å². The minimum atomic E-state index is -2.01. The zero-order valence-corrected chi connectivity index (χ0v) is 82.8. The van der Waals surface area contributed by atoms with E-state index < -0.39 is 309 Å². The summed E-state index contributed by atoms with van der Waals surface area (Å²) in [5, 5.41) is 99.8. The van der Waals surface area contributed by atoms with Gasteiger partial charge < -0.3 is 170 Å². The highest BCUT2D eigenvalue weighted by molar-refractivity contribution is 7.98. The number of hydrogen-bond acceptors (Lipinski definition) is 32. The lowest BCUT2D eigenvalue weighted by Crippen LogP contribution is -2.61. The Morgan fingerprint density at radius 2 is 0.674 bits per heavy atom. The Hall–Kier alpha value is -12.8. The van der Waals surface area contributed by atoms with Crippen LogP contribution in [-0.4, -0.2) is 390 Å². The molecule has 4 fully saturated rings. The number of unbranched alkanes of at least 4 members (excludes halogenated alkanes) is 3. The average molecular weight is 2070 g/mol. The number of aliphatic imine (C=N–C) groups is 1. The summed E-state index contributed by atoms with van der Waals surface area (Å²) in [6.45, 7) is 4.49. The predicted molar refractivity (Wildman–Crippen MR) is 512 cm³/mol. The Bertz CT molecular complexity index is 4430. The van der Waals surface area contributed by atoms with Gasteiger partial charge in [0.1, 0.15) is 103 Å². The van der Waals surface area contributed by atoms with Gasteiger partial charge in [-0.05, 0) is 193 Å². The normalized spacial score (nSPS) is 18.5. The SMILES string of the molecule is CC(=O)O.CSCCC(NC(=O)C(CCCCN)NC(=O)C1CCCN1C(=O)C1CCCN1C(=O)C(CC(=O)O)NC(=O)C(CCCN=C(N)N)NC(=O)C(CCCCN)NC(=O)C(CO)NC(=O)C1CCCN1C(=O)C1CCCN1C(=O)C(CCCCN)NC(=O)C(CO)NC(=O)C(CCC(N)=O)NC(=O)C(NC(=O)C(C)N)C(C)C)C(=O)NC(CCC(N)=O)C(=O)NC(C(=O)NC(CC(=O)O)C(=O)O)C(C)O. The van der Waals surface area contributed by atoms with Crippen molar-refractivity contribution in [2.45, 2.75) is 316 Å². The molecular weight excluding hydrogens is 1920 g/mol. The summed E-state index contributed by atoms with van der Waals surface area (Å²) < 4.78 is 0. The third-order valence-electron chi connectivity index (χ3n) is 23.8. The van der Waals surface area contributed by atoms with Crippen LogP contribution in [0.4, 0.5) is 0 Å². The number of aliphatic carboxylic acids is 4. The van der Waals surface area contributed by atoms with E-state index >= 15 is 0 Å². The van der Waals surface area contributed by atoms with Crippen molar-refractivity contribution >= 4 is 154 Å². The predicted octanol–water partition coefficient (Wildman–Crippen LogP) is -11.5. The molecule has 19 atom stereocenters. The second-order valence-corrected chi connectivity index (χ2v) is 36.7. The first-order valence-corrected chi connectivity index (χ1v) is 49.2. The molecule has 0 bridgehead atoms. The Morgan fingerprint density at radius 3 is 1.05 bits per heavy atom. The number of primary amides is 2. The number of rotatable bonds is 64. The molecule has 0 saturated carbocycles. The molecule has 57 heteroatoms. The summed E-state index contributed by atoms with van der Waals surface area (Å²) in [5.74, 6) is -25.1. The van der Waals surface area contributed by atoms with E-state index in [0.29, 0.717) is 12.8 Å². The molecule has 56 nitrogen and oxygen atoms in total. The first-order chi connectivity index (χ1) is 67.9. The minimum absolute atomic E-state index is 0.0133. The van der Waals surface area contributed by atoms with E-state index in [2.05, 4.69) is 68.8 Å². The van der Waals surface area contributed by atoms with E-state index in [1.165, 1.54) is 33.4 Å². The van der Waals surface area contributed by atoms with Crippen molar-refractivity contribution in [1.82, 2.24) is 88.7 Å². The van der Waals surface area contributed by atoms with Crippen LogP contribution in [0.5, 0.6) is 0 Å². The van der Waals surface area contributed by atoms with Crippen LogP contribution in [0.15, 0.2) is 4.99 Å². The van der Waals surface area contributed by atoms with E-state index in [1.807, 2.05) is 5.32 Å². The Labute approximate surface area is 835 Å². The topological polar surface area (TPSA) is 924 Å². The first-order valence-electron chi connectivity index (χ1n) is 47.8. The number of carboxylic acid groups (broad SMARTS) is 4. The third-order valence-corrected chi connectivity index (χ3v) is 24.5. The second kappa shape index (κ2) is 64.7. The van der Waals surface area contributed by atoms with Gasteiger partial charge in [-0.15, -0.1) is 0 Å². The van der Waals surface area contributed by atoms with E-state index in [9.17, 15) is 136 Å². The number of hydrogen-bond donors (Lipinski definition) is 28.